The summed E-state index contributed by atoms with van der Waals surface area (Å²) in [7, 11) is 1.65. The second-order valence-electron chi connectivity index (χ2n) is 2.66. The predicted octanol–water partition coefficient (Wildman–Crippen LogP) is 3.24. The second-order valence-corrected chi connectivity index (χ2v) is 3.78. The molecule has 0 aliphatic carbocycles. The molecule has 0 spiro atoms. The van der Waals surface area contributed by atoms with Gasteiger partial charge >= 0.3 is 0 Å². The number of benzene rings is 1. The summed E-state index contributed by atoms with van der Waals surface area (Å²) in [6.07, 6.45) is 0. The summed E-state index contributed by atoms with van der Waals surface area (Å²) in [5.74, 6) is 0.849. The molecule has 0 aliphatic heterocycles. The highest BCUT2D eigenvalue weighted by Crippen LogP contribution is 2.25. The molecule has 0 saturated heterocycles. The fourth-order valence-corrected chi connectivity index (χ4v) is 1.24. The number of hydrogen-bond acceptors (Lipinski definition) is 3. The third-order valence-corrected chi connectivity index (χ3v) is 2.70. The fraction of sp³-hybridized carbons (Fsp3) is 0.200. The molecule has 0 amide bonds. The van der Waals surface area contributed by atoms with Gasteiger partial charge in [-0.1, -0.05) is 12.1 Å². The standard InChI is InChI=1S/C10H12OS2/c1-7(12)10(13)8-3-5-9(11-2)6-4-8/h3-6,12-13H,1-2H3/b10-7-. The highest BCUT2D eigenvalue weighted by Gasteiger charge is 1.98. The van der Waals surface area contributed by atoms with Crippen LogP contribution in [0.5, 0.6) is 5.75 Å². The molecule has 0 radical (unpaired) electrons. The Morgan fingerprint density at radius 2 is 1.69 bits per heavy atom. The van der Waals surface area contributed by atoms with Crippen molar-refractivity contribution in [2.45, 2.75) is 6.92 Å². The maximum Gasteiger partial charge on any atom is 0.118 e. The minimum absolute atomic E-state index is 0.849. The lowest BCUT2D eigenvalue weighted by atomic mass is 10.2. The first-order chi connectivity index (χ1) is 6.15. The lowest BCUT2D eigenvalue weighted by Crippen LogP contribution is -1.83. The molecule has 0 N–H and O–H groups in total. The molecule has 0 aliphatic rings. The van der Waals surface area contributed by atoms with Crippen LogP contribution in [0.3, 0.4) is 0 Å². The Morgan fingerprint density at radius 1 is 1.15 bits per heavy atom. The largest absolute Gasteiger partial charge is 0.497 e. The van der Waals surface area contributed by atoms with Gasteiger partial charge in [0.15, 0.2) is 0 Å². The summed E-state index contributed by atoms with van der Waals surface area (Å²) in [6, 6.07) is 7.73. The Hall–Kier alpha value is -0.540. The molecular weight excluding hydrogens is 200 g/mol. The van der Waals surface area contributed by atoms with Gasteiger partial charge in [-0.3, -0.25) is 0 Å². The van der Waals surface area contributed by atoms with Gasteiger partial charge in [-0.15, -0.1) is 25.3 Å². The first-order valence-electron chi connectivity index (χ1n) is 3.88. The summed E-state index contributed by atoms with van der Waals surface area (Å²) in [4.78, 5) is 1.81. The molecule has 0 unspecified atom stereocenters. The zero-order valence-corrected chi connectivity index (χ0v) is 9.40. The van der Waals surface area contributed by atoms with Crippen LogP contribution in [-0.4, -0.2) is 7.11 Å². The number of hydrogen-bond donors (Lipinski definition) is 2. The van der Waals surface area contributed by atoms with E-state index in [1.165, 1.54) is 0 Å². The average molecular weight is 212 g/mol. The van der Waals surface area contributed by atoms with Crippen LogP contribution in [0.15, 0.2) is 29.2 Å². The van der Waals surface area contributed by atoms with Crippen molar-refractivity contribution in [3.63, 3.8) is 0 Å². The quantitative estimate of drug-likeness (QED) is 0.716. The van der Waals surface area contributed by atoms with Crippen molar-refractivity contribution in [2.24, 2.45) is 0 Å². The first kappa shape index (κ1) is 10.5. The van der Waals surface area contributed by atoms with Gasteiger partial charge in [0.2, 0.25) is 0 Å². The minimum atomic E-state index is 0.849. The van der Waals surface area contributed by atoms with Gasteiger partial charge in [-0.2, -0.15) is 0 Å². The Morgan fingerprint density at radius 3 is 2.08 bits per heavy atom. The third kappa shape index (κ3) is 2.71. The fourth-order valence-electron chi connectivity index (χ4n) is 0.958. The number of thiol groups is 2. The Labute approximate surface area is 89.6 Å². The van der Waals surface area contributed by atoms with Crippen LogP contribution < -0.4 is 4.74 Å². The molecule has 70 valence electrons. The van der Waals surface area contributed by atoms with Crippen molar-refractivity contribution in [2.75, 3.05) is 7.11 Å². The zero-order valence-electron chi connectivity index (χ0n) is 7.61. The number of ether oxygens (including phenoxy) is 1. The van der Waals surface area contributed by atoms with E-state index in [0.29, 0.717) is 0 Å². The van der Waals surface area contributed by atoms with Gasteiger partial charge < -0.3 is 4.74 Å². The van der Waals surface area contributed by atoms with E-state index in [4.69, 9.17) is 4.74 Å². The van der Waals surface area contributed by atoms with Crippen LogP contribution in [0.25, 0.3) is 4.91 Å². The second kappa shape index (κ2) is 4.63. The van der Waals surface area contributed by atoms with Crippen LogP contribution in [0.4, 0.5) is 0 Å². The zero-order chi connectivity index (χ0) is 9.84. The highest BCUT2D eigenvalue weighted by atomic mass is 32.1. The topological polar surface area (TPSA) is 9.23 Å². The number of rotatable bonds is 2. The smallest absolute Gasteiger partial charge is 0.118 e. The maximum absolute atomic E-state index is 5.05. The van der Waals surface area contributed by atoms with Crippen LogP contribution in [0, 0.1) is 0 Å². The van der Waals surface area contributed by atoms with Gasteiger partial charge in [-0.05, 0) is 29.5 Å². The molecule has 0 aromatic heterocycles. The van der Waals surface area contributed by atoms with Crippen LogP contribution in [-0.2, 0) is 0 Å². The van der Waals surface area contributed by atoms with Crippen molar-refractivity contribution in [1.29, 1.82) is 0 Å². The molecule has 1 aromatic rings. The summed E-state index contributed by atoms with van der Waals surface area (Å²) in [5.41, 5.74) is 1.05. The van der Waals surface area contributed by atoms with Gasteiger partial charge in [0, 0.05) is 4.91 Å². The van der Waals surface area contributed by atoms with E-state index in [0.717, 1.165) is 21.1 Å². The van der Waals surface area contributed by atoms with Gasteiger partial charge in [0.25, 0.3) is 0 Å². The number of allylic oxidation sites excluding steroid dienone is 1. The summed E-state index contributed by atoms with van der Waals surface area (Å²) < 4.78 is 5.05. The summed E-state index contributed by atoms with van der Waals surface area (Å²) in [6.45, 7) is 1.91. The van der Waals surface area contributed by atoms with Gasteiger partial charge in [0.1, 0.15) is 5.75 Å². The van der Waals surface area contributed by atoms with Crippen molar-refractivity contribution in [1.82, 2.24) is 0 Å². The van der Waals surface area contributed by atoms with Crippen LogP contribution in [0.1, 0.15) is 12.5 Å². The van der Waals surface area contributed by atoms with Crippen molar-refractivity contribution < 1.29 is 4.74 Å². The van der Waals surface area contributed by atoms with Crippen molar-refractivity contribution in [3.05, 3.63) is 34.7 Å². The van der Waals surface area contributed by atoms with Crippen LogP contribution in [0.2, 0.25) is 0 Å². The Balaban J connectivity index is 2.99. The third-order valence-electron chi connectivity index (χ3n) is 1.71. The first-order valence-corrected chi connectivity index (χ1v) is 4.78. The summed E-state index contributed by atoms with van der Waals surface area (Å²) >= 11 is 8.57. The lowest BCUT2D eigenvalue weighted by molar-refractivity contribution is 0.415. The Kier molecular flexibility index (Phi) is 3.75. The van der Waals surface area contributed by atoms with E-state index in [9.17, 15) is 0 Å². The van der Waals surface area contributed by atoms with Crippen LogP contribution >= 0.6 is 25.3 Å². The molecule has 3 heteroatoms. The maximum atomic E-state index is 5.05. The molecule has 1 nitrogen and oxygen atoms in total. The van der Waals surface area contributed by atoms with Crippen molar-refractivity contribution >= 4 is 30.2 Å². The van der Waals surface area contributed by atoms with E-state index in [2.05, 4.69) is 25.3 Å². The van der Waals surface area contributed by atoms with Gasteiger partial charge in [0.05, 0.1) is 7.11 Å². The van der Waals surface area contributed by atoms with E-state index in [1.54, 1.807) is 7.11 Å². The molecule has 0 heterocycles. The molecule has 13 heavy (non-hydrogen) atoms. The van der Waals surface area contributed by atoms with E-state index >= 15 is 0 Å². The lowest BCUT2D eigenvalue weighted by Gasteiger charge is -2.04. The summed E-state index contributed by atoms with van der Waals surface area (Å²) in [5, 5.41) is 0. The SMILES string of the molecule is COc1ccc(/C(S)=C(\C)S)cc1. The molecule has 0 fully saturated rings. The molecule has 0 saturated carbocycles. The van der Waals surface area contributed by atoms with Crippen molar-refractivity contribution in [3.8, 4) is 5.75 Å². The monoisotopic (exact) mass is 212 g/mol. The van der Waals surface area contributed by atoms with E-state index in [-0.39, 0.29) is 0 Å². The van der Waals surface area contributed by atoms with E-state index in [1.807, 2.05) is 31.2 Å². The minimum Gasteiger partial charge on any atom is -0.497 e. The number of methoxy groups -OCH3 is 1. The molecular formula is C10H12OS2. The highest BCUT2D eigenvalue weighted by molar-refractivity contribution is 7.93. The molecule has 0 atom stereocenters. The predicted molar refractivity (Wildman–Crippen MR) is 63.6 cm³/mol. The normalized spacial score (nSPS) is 12.3. The van der Waals surface area contributed by atoms with Gasteiger partial charge in [-0.25, -0.2) is 0 Å². The van der Waals surface area contributed by atoms with E-state index < -0.39 is 0 Å². The average Bonchev–Trinajstić information content (AvgIpc) is 2.17. The molecule has 1 rings (SSSR count). The molecule has 0 bridgehead atoms. The molecule has 1 aromatic carbocycles. The Bertz CT molecular complexity index is 310.